The molecule has 0 saturated carbocycles. The molecule has 0 amide bonds. The van der Waals surface area contributed by atoms with Gasteiger partial charge < -0.3 is 14.4 Å². The molecule has 0 radical (unpaired) electrons. The van der Waals surface area contributed by atoms with Crippen LogP contribution in [0.1, 0.15) is 48.9 Å². The van der Waals surface area contributed by atoms with E-state index in [-0.39, 0.29) is 0 Å². The largest absolute Gasteiger partial charge is 0.456 e. The number of hydrogen-bond donors (Lipinski definition) is 0. The smallest absolute Gasteiger partial charge is 0.298 e. The number of anilines is 1. The van der Waals surface area contributed by atoms with Crippen LogP contribution in [0.5, 0.6) is 17.2 Å². The first-order valence-electron chi connectivity index (χ1n) is 12.8. The third-order valence-electron chi connectivity index (χ3n) is 7.64. The highest BCUT2D eigenvalue weighted by Gasteiger charge is 2.28. The van der Waals surface area contributed by atoms with Crippen LogP contribution in [0.4, 0.5) is 5.69 Å². The van der Waals surface area contributed by atoms with Crippen molar-refractivity contribution in [2.75, 3.05) is 31.1 Å². The van der Waals surface area contributed by atoms with Gasteiger partial charge in [0.2, 0.25) is 5.36 Å². The summed E-state index contributed by atoms with van der Waals surface area (Å²) in [6.45, 7) is 9.04. The Kier molecular flexibility index (Phi) is 5.56. The van der Waals surface area contributed by atoms with Crippen LogP contribution in [0.15, 0.2) is 48.5 Å². The van der Waals surface area contributed by atoms with E-state index < -0.39 is 0 Å². The molecule has 0 aliphatic carbocycles. The molecule has 0 N–H and O–H groups in total. The Balaban J connectivity index is 1.70. The molecular formula is C30H31N2O3+. The van der Waals surface area contributed by atoms with Crippen molar-refractivity contribution in [1.29, 1.82) is 0 Å². The van der Waals surface area contributed by atoms with E-state index in [0.29, 0.717) is 12.2 Å². The molecule has 0 fully saturated rings. The highest BCUT2D eigenvalue weighted by atomic mass is 16.5. The lowest BCUT2D eigenvalue weighted by molar-refractivity contribution is -0.120. The topological polar surface area (TPSA) is 41.8 Å². The van der Waals surface area contributed by atoms with Gasteiger partial charge in [-0.25, -0.2) is 4.58 Å². The van der Waals surface area contributed by atoms with E-state index in [2.05, 4.69) is 47.6 Å². The fourth-order valence-electron chi connectivity index (χ4n) is 5.98. The van der Waals surface area contributed by atoms with E-state index >= 15 is 0 Å². The van der Waals surface area contributed by atoms with E-state index in [1.54, 1.807) is 0 Å². The molecule has 0 spiro atoms. The lowest BCUT2D eigenvalue weighted by Crippen LogP contribution is -2.39. The number of ether oxygens (including phenoxy) is 2. The van der Waals surface area contributed by atoms with Crippen LogP contribution < -0.4 is 29.5 Å². The van der Waals surface area contributed by atoms with E-state index in [9.17, 15) is 4.79 Å². The predicted molar refractivity (Wildman–Crippen MR) is 138 cm³/mol. The minimum atomic E-state index is 0.512. The van der Waals surface area contributed by atoms with Crippen molar-refractivity contribution >= 4 is 17.7 Å². The number of rotatable bonds is 5. The van der Waals surface area contributed by atoms with Crippen LogP contribution in [-0.4, -0.2) is 32.7 Å². The third kappa shape index (κ3) is 3.61. The second-order valence-corrected chi connectivity index (χ2v) is 9.51. The summed E-state index contributed by atoms with van der Waals surface area (Å²) >= 11 is 0. The lowest BCUT2D eigenvalue weighted by atomic mass is 9.88. The van der Waals surface area contributed by atoms with Crippen molar-refractivity contribution in [2.24, 2.45) is 0 Å². The lowest BCUT2D eigenvalue weighted by Gasteiger charge is -2.32. The number of carbonyl (C=O) groups is 1. The quantitative estimate of drug-likeness (QED) is 0.331. The number of aryl methyl sites for hydroxylation is 2. The van der Waals surface area contributed by atoms with Gasteiger partial charge in [-0.1, -0.05) is 18.2 Å². The van der Waals surface area contributed by atoms with E-state index in [0.717, 1.165) is 85.3 Å². The van der Waals surface area contributed by atoms with Crippen molar-refractivity contribution in [3.05, 3.63) is 81.4 Å². The van der Waals surface area contributed by atoms with Gasteiger partial charge in [-0.05, 0) is 56.9 Å². The van der Waals surface area contributed by atoms with Gasteiger partial charge in [0.15, 0.2) is 0 Å². The Morgan fingerprint density at radius 2 is 1.86 bits per heavy atom. The Morgan fingerprint density at radius 3 is 2.69 bits per heavy atom. The maximum absolute atomic E-state index is 11.4. The van der Waals surface area contributed by atoms with Gasteiger partial charge in [-0.2, -0.15) is 0 Å². The highest BCUT2D eigenvalue weighted by Crippen LogP contribution is 2.43. The molecule has 5 heteroatoms. The molecule has 0 bridgehead atoms. The van der Waals surface area contributed by atoms with Gasteiger partial charge in [0.25, 0.3) is 6.47 Å². The van der Waals surface area contributed by atoms with E-state index in [1.165, 1.54) is 22.2 Å². The first-order valence-corrected chi connectivity index (χ1v) is 12.8. The first kappa shape index (κ1) is 21.9. The van der Waals surface area contributed by atoms with Gasteiger partial charge >= 0.3 is 0 Å². The van der Waals surface area contributed by atoms with Crippen molar-refractivity contribution in [2.45, 2.75) is 39.5 Å². The van der Waals surface area contributed by atoms with Gasteiger partial charge in [-0.3, -0.25) is 4.79 Å². The minimum Gasteiger partial charge on any atom is -0.456 e. The zero-order valence-corrected chi connectivity index (χ0v) is 20.5. The number of carbonyl (C=O) groups excluding carboxylic acids is 1. The Bertz CT molecular complexity index is 1460. The molecule has 3 aliphatic heterocycles. The van der Waals surface area contributed by atoms with Crippen molar-refractivity contribution in [1.82, 2.24) is 4.58 Å². The summed E-state index contributed by atoms with van der Waals surface area (Å²) in [5, 5.41) is 2.34. The SMILES string of the molecule is CCN1CCCc2cc3c(cc21)Oc1cc2c(cc1=C3c1ccccc1OC=O)CCC[N+]=2CC. The predicted octanol–water partition coefficient (Wildman–Crippen LogP) is 3.80. The summed E-state index contributed by atoms with van der Waals surface area (Å²) in [5.41, 5.74) is 7.03. The molecule has 178 valence electrons. The normalized spacial score (nSPS) is 16.0. The molecule has 3 aromatic rings. The Hall–Kier alpha value is -3.60. The fraction of sp³-hybridized carbons (Fsp3) is 0.333. The Morgan fingerprint density at radius 1 is 1.00 bits per heavy atom. The highest BCUT2D eigenvalue weighted by molar-refractivity contribution is 5.89. The van der Waals surface area contributed by atoms with Crippen LogP contribution in [0.25, 0.3) is 5.57 Å². The number of hydrogen-bond acceptors (Lipinski definition) is 4. The summed E-state index contributed by atoms with van der Waals surface area (Å²) in [5.74, 6) is 2.30. The molecule has 6 rings (SSSR count). The molecule has 0 saturated heterocycles. The standard InChI is InChI=1S/C30H31N2O3/c1-3-31-13-7-9-20-15-23-28(17-25(20)31)35-29-18-26-21(10-8-14-32(26)4-2)16-24(29)30(23)22-11-5-6-12-27(22)34-19-33/h5-6,11-12,15-19H,3-4,7-10,13-14H2,1-2H3/q+1. The van der Waals surface area contributed by atoms with Crippen molar-refractivity contribution < 1.29 is 14.3 Å². The second-order valence-electron chi connectivity index (χ2n) is 9.51. The average Bonchev–Trinajstić information content (AvgIpc) is 2.89. The monoisotopic (exact) mass is 467 g/mol. The number of fused-ring (bicyclic) bond motifs is 4. The maximum atomic E-state index is 11.4. The van der Waals surface area contributed by atoms with Crippen LogP contribution in [-0.2, 0) is 17.6 Å². The summed E-state index contributed by atoms with van der Waals surface area (Å²) in [7, 11) is 0. The molecule has 5 nitrogen and oxygen atoms in total. The maximum Gasteiger partial charge on any atom is 0.298 e. The van der Waals surface area contributed by atoms with Gasteiger partial charge in [0.05, 0.1) is 6.07 Å². The van der Waals surface area contributed by atoms with Crippen LogP contribution >= 0.6 is 0 Å². The van der Waals surface area contributed by atoms with E-state index in [4.69, 9.17) is 9.47 Å². The van der Waals surface area contributed by atoms with Crippen LogP contribution in [0, 0.1) is 0 Å². The second kappa shape index (κ2) is 8.88. The third-order valence-corrected chi connectivity index (χ3v) is 7.64. The van der Waals surface area contributed by atoms with Gasteiger partial charge in [0, 0.05) is 58.7 Å². The molecule has 0 unspecified atom stereocenters. The van der Waals surface area contributed by atoms with Gasteiger partial charge in [0.1, 0.15) is 30.3 Å². The van der Waals surface area contributed by atoms with Crippen LogP contribution in [0.3, 0.4) is 0 Å². The zero-order chi connectivity index (χ0) is 23.9. The minimum absolute atomic E-state index is 0.512. The van der Waals surface area contributed by atoms with Crippen LogP contribution in [0.2, 0.25) is 0 Å². The number of nitrogens with zero attached hydrogens (tertiary/aromatic N) is 2. The van der Waals surface area contributed by atoms with Gasteiger partial charge in [-0.15, -0.1) is 0 Å². The van der Waals surface area contributed by atoms with Crippen molar-refractivity contribution in [3.8, 4) is 17.2 Å². The Labute approximate surface area is 205 Å². The summed E-state index contributed by atoms with van der Waals surface area (Å²) in [4.78, 5) is 13.8. The number of para-hydroxylation sites is 1. The van der Waals surface area contributed by atoms with E-state index in [1.807, 2.05) is 24.3 Å². The summed E-state index contributed by atoms with van der Waals surface area (Å²) in [6, 6.07) is 16.9. The number of benzene rings is 3. The summed E-state index contributed by atoms with van der Waals surface area (Å²) in [6.07, 6.45) is 4.41. The van der Waals surface area contributed by atoms with Crippen molar-refractivity contribution in [3.63, 3.8) is 0 Å². The molecule has 35 heavy (non-hydrogen) atoms. The molecule has 0 aromatic heterocycles. The first-order chi connectivity index (χ1) is 17.2. The molecule has 3 heterocycles. The fourth-order valence-corrected chi connectivity index (χ4v) is 5.98. The molecule has 0 atom stereocenters. The molecule has 3 aromatic carbocycles. The summed E-state index contributed by atoms with van der Waals surface area (Å²) < 4.78 is 14.6. The molecular weight excluding hydrogens is 436 g/mol. The molecule has 3 aliphatic rings. The zero-order valence-electron chi connectivity index (χ0n) is 20.5. The average molecular weight is 468 g/mol.